The molecule has 4 rings (SSSR count). The predicted octanol–water partition coefficient (Wildman–Crippen LogP) is 5.48. The van der Waals surface area contributed by atoms with E-state index < -0.39 is 23.6 Å². The van der Waals surface area contributed by atoms with Crippen LogP contribution in [0.4, 0.5) is 14.9 Å². The summed E-state index contributed by atoms with van der Waals surface area (Å²) in [5, 5.41) is 2.16. The lowest BCUT2D eigenvalue weighted by Crippen LogP contribution is -2.36. The zero-order chi connectivity index (χ0) is 25.5. The smallest absolute Gasteiger partial charge is 0.294 e. The van der Waals surface area contributed by atoms with Crippen molar-refractivity contribution in [3.8, 4) is 11.5 Å². The molecule has 0 spiro atoms. The molecule has 3 aromatic carbocycles. The van der Waals surface area contributed by atoms with Crippen LogP contribution in [0.5, 0.6) is 11.5 Å². The number of carbonyl (C=O) groups is 3. The van der Waals surface area contributed by atoms with Gasteiger partial charge in [-0.15, -0.1) is 0 Å². The Hall–Kier alpha value is -4.11. The van der Waals surface area contributed by atoms with Crippen LogP contribution >= 0.6 is 11.8 Å². The van der Waals surface area contributed by atoms with Crippen molar-refractivity contribution < 1.29 is 28.2 Å². The van der Waals surface area contributed by atoms with E-state index >= 15 is 0 Å². The Bertz CT molecular complexity index is 1290. The Balaban J connectivity index is 1.36. The van der Waals surface area contributed by atoms with Gasteiger partial charge in [0.05, 0.1) is 11.5 Å². The Kier molecular flexibility index (Phi) is 8.02. The van der Waals surface area contributed by atoms with Crippen LogP contribution in [0.2, 0.25) is 0 Å². The number of hydrogen-bond acceptors (Lipinski definition) is 6. The van der Waals surface area contributed by atoms with Crippen molar-refractivity contribution in [3.63, 3.8) is 0 Å². The van der Waals surface area contributed by atoms with Gasteiger partial charge in [0.1, 0.15) is 30.5 Å². The van der Waals surface area contributed by atoms with E-state index in [0.717, 1.165) is 22.2 Å². The summed E-state index contributed by atoms with van der Waals surface area (Å²) in [4.78, 5) is 38.8. The quantitative estimate of drug-likeness (QED) is 0.387. The molecule has 1 N–H and O–H groups in total. The van der Waals surface area contributed by atoms with Crippen molar-refractivity contribution in [2.75, 3.05) is 18.5 Å². The van der Waals surface area contributed by atoms with Crippen LogP contribution < -0.4 is 14.8 Å². The minimum atomic E-state index is -0.538. The first-order valence-corrected chi connectivity index (χ1v) is 12.0. The molecule has 1 fully saturated rings. The molecule has 3 aromatic rings. The maximum atomic E-state index is 13.1. The molecule has 0 saturated carbocycles. The summed E-state index contributed by atoms with van der Waals surface area (Å²) in [5.41, 5.74) is 2.01. The fraction of sp³-hybridized carbons (Fsp3) is 0.148. The van der Waals surface area contributed by atoms with Gasteiger partial charge in [0.25, 0.3) is 11.1 Å². The first-order valence-electron chi connectivity index (χ1n) is 11.2. The van der Waals surface area contributed by atoms with E-state index in [2.05, 4.69) is 5.32 Å². The van der Waals surface area contributed by atoms with Crippen molar-refractivity contribution in [2.45, 2.75) is 13.5 Å². The van der Waals surface area contributed by atoms with E-state index in [1.165, 1.54) is 12.1 Å². The molecule has 0 bridgehead atoms. The Morgan fingerprint density at radius 2 is 1.75 bits per heavy atom. The summed E-state index contributed by atoms with van der Waals surface area (Å²) >= 11 is 0.775. The fourth-order valence-electron chi connectivity index (χ4n) is 3.37. The zero-order valence-corrected chi connectivity index (χ0v) is 20.2. The molecule has 1 aliphatic rings. The van der Waals surface area contributed by atoms with E-state index in [9.17, 15) is 18.8 Å². The fourth-order valence-corrected chi connectivity index (χ4v) is 4.21. The number of nitrogens with one attached hydrogen (secondary N) is 1. The van der Waals surface area contributed by atoms with E-state index in [-0.39, 0.29) is 17.3 Å². The highest BCUT2D eigenvalue weighted by Crippen LogP contribution is 2.32. The first kappa shape index (κ1) is 25.0. The number of benzene rings is 3. The number of rotatable bonds is 9. The van der Waals surface area contributed by atoms with Crippen molar-refractivity contribution >= 4 is 40.6 Å². The molecule has 1 saturated heterocycles. The molecule has 9 heteroatoms. The van der Waals surface area contributed by atoms with Crippen molar-refractivity contribution in [1.29, 1.82) is 0 Å². The van der Waals surface area contributed by atoms with Gasteiger partial charge >= 0.3 is 0 Å². The minimum Gasteiger partial charge on any atom is -0.494 e. The third-order valence-corrected chi connectivity index (χ3v) is 6.01. The van der Waals surface area contributed by atoms with E-state index in [1.54, 1.807) is 66.7 Å². The third kappa shape index (κ3) is 6.51. The summed E-state index contributed by atoms with van der Waals surface area (Å²) in [7, 11) is 0. The Morgan fingerprint density at radius 1 is 1.00 bits per heavy atom. The van der Waals surface area contributed by atoms with Crippen LogP contribution in [0, 0.1) is 5.82 Å². The van der Waals surface area contributed by atoms with Crippen LogP contribution in [0.1, 0.15) is 18.1 Å². The normalized spacial score (nSPS) is 14.3. The number of carbonyl (C=O) groups excluding carboxylic acids is 3. The molecule has 184 valence electrons. The lowest BCUT2D eigenvalue weighted by atomic mass is 10.2. The summed E-state index contributed by atoms with van der Waals surface area (Å²) in [6, 6.07) is 19.9. The van der Waals surface area contributed by atoms with Gasteiger partial charge in [0, 0.05) is 5.69 Å². The zero-order valence-electron chi connectivity index (χ0n) is 19.4. The van der Waals surface area contributed by atoms with Crippen LogP contribution in [0.3, 0.4) is 0 Å². The molecule has 1 heterocycles. The number of imide groups is 1. The van der Waals surface area contributed by atoms with Gasteiger partial charge in [-0.2, -0.15) is 0 Å². The number of halogens is 1. The maximum Gasteiger partial charge on any atom is 0.294 e. The number of anilines is 1. The molecule has 0 atom stereocenters. The molecular formula is C27H23FN2O5S. The predicted molar refractivity (Wildman–Crippen MR) is 136 cm³/mol. The van der Waals surface area contributed by atoms with Gasteiger partial charge in [-0.05, 0) is 84.4 Å². The average molecular weight is 507 g/mol. The SMILES string of the molecule is CCOc1ccc(NC(=O)CN2C(=O)S/C(=C/c3cccc(OCc4ccc(F)cc4)c3)C2=O)cc1. The average Bonchev–Trinajstić information content (AvgIpc) is 3.12. The van der Waals surface area contributed by atoms with Crippen LogP contribution in [-0.2, 0) is 16.2 Å². The second kappa shape index (κ2) is 11.5. The van der Waals surface area contributed by atoms with Crippen molar-refractivity contribution in [3.05, 3.63) is 94.6 Å². The molecule has 0 unspecified atom stereocenters. The first-order chi connectivity index (χ1) is 17.4. The van der Waals surface area contributed by atoms with Crippen LogP contribution in [-0.4, -0.2) is 35.1 Å². The monoisotopic (exact) mass is 506 g/mol. The maximum absolute atomic E-state index is 13.1. The summed E-state index contributed by atoms with van der Waals surface area (Å²) < 4.78 is 24.2. The second-order valence-corrected chi connectivity index (χ2v) is 8.75. The van der Waals surface area contributed by atoms with Crippen molar-refractivity contribution in [2.24, 2.45) is 0 Å². The lowest BCUT2D eigenvalue weighted by molar-refractivity contribution is -0.127. The Labute approximate surface area is 211 Å². The molecule has 36 heavy (non-hydrogen) atoms. The number of nitrogens with zero attached hydrogens (tertiary/aromatic N) is 1. The summed E-state index contributed by atoms with van der Waals surface area (Å²) in [6.45, 7) is 2.27. The van der Waals surface area contributed by atoms with Crippen LogP contribution in [0.25, 0.3) is 6.08 Å². The molecular weight excluding hydrogens is 483 g/mol. The lowest BCUT2D eigenvalue weighted by Gasteiger charge is -2.12. The van der Waals surface area contributed by atoms with Gasteiger partial charge in [-0.3, -0.25) is 19.3 Å². The molecule has 1 aliphatic heterocycles. The number of amides is 3. The Morgan fingerprint density at radius 3 is 2.47 bits per heavy atom. The highest BCUT2D eigenvalue weighted by molar-refractivity contribution is 8.18. The van der Waals surface area contributed by atoms with Gasteiger partial charge < -0.3 is 14.8 Å². The number of hydrogen-bond donors (Lipinski definition) is 1. The minimum absolute atomic E-state index is 0.213. The highest BCUT2D eigenvalue weighted by Gasteiger charge is 2.36. The van der Waals surface area contributed by atoms with Crippen molar-refractivity contribution in [1.82, 2.24) is 4.90 Å². The molecule has 3 amide bonds. The van der Waals surface area contributed by atoms with E-state index in [0.29, 0.717) is 29.4 Å². The van der Waals surface area contributed by atoms with E-state index in [1.807, 2.05) is 6.92 Å². The third-order valence-electron chi connectivity index (χ3n) is 5.10. The van der Waals surface area contributed by atoms with Gasteiger partial charge in [0.15, 0.2) is 0 Å². The molecule has 0 aliphatic carbocycles. The standard InChI is InChI=1S/C27H23FN2O5S/c1-2-34-22-12-10-21(11-13-22)29-25(31)16-30-26(32)24(36-27(30)33)15-19-4-3-5-23(14-19)35-17-18-6-8-20(28)9-7-18/h3-15H,2,16-17H2,1H3,(H,29,31)/b24-15+. The molecule has 0 aromatic heterocycles. The van der Waals surface area contributed by atoms with Gasteiger partial charge in [-0.1, -0.05) is 24.3 Å². The van der Waals surface area contributed by atoms with Gasteiger partial charge in [0.2, 0.25) is 5.91 Å². The molecule has 0 radical (unpaired) electrons. The largest absolute Gasteiger partial charge is 0.494 e. The van der Waals surface area contributed by atoms with Gasteiger partial charge in [-0.25, -0.2) is 4.39 Å². The topological polar surface area (TPSA) is 84.9 Å². The summed E-state index contributed by atoms with van der Waals surface area (Å²) in [5.74, 6) is -0.106. The molecule has 7 nitrogen and oxygen atoms in total. The van der Waals surface area contributed by atoms with E-state index in [4.69, 9.17) is 9.47 Å². The number of ether oxygens (including phenoxy) is 2. The van der Waals surface area contributed by atoms with Crippen LogP contribution in [0.15, 0.2) is 77.7 Å². The number of thioether (sulfide) groups is 1. The second-order valence-electron chi connectivity index (χ2n) is 7.76. The highest BCUT2D eigenvalue weighted by atomic mass is 32.2. The summed E-state index contributed by atoms with van der Waals surface area (Å²) in [6.07, 6.45) is 1.58.